The van der Waals surface area contributed by atoms with E-state index in [4.69, 9.17) is 14.5 Å². The summed E-state index contributed by atoms with van der Waals surface area (Å²) in [4.78, 5) is 67.5. The first-order chi connectivity index (χ1) is 38.3. The van der Waals surface area contributed by atoms with Gasteiger partial charge in [-0.3, -0.25) is 34.6 Å². The van der Waals surface area contributed by atoms with Crippen molar-refractivity contribution >= 4 is 72.8 Å². The Hall–Kier alpha value is -7.38. The Labute approximate surface area is 466 Å². The number of hydrogen-bond acceptors (Lipinski definition) is 13. The highest BCUT2D eigenvalue weighted by Gasteiger charge is 2.47. The van der Waals surface area contributed by atoms with Crippen LogP contribution in [0, 0.1) is 12.8 Å². The number of nitrogens with one attached hydrogen (secondary N) is 2. The number of pyridine rings is 1. The second-order valence-electron chi connectivity index (χ2n) is 22.7. The summed E-state index contributed by atoms with van der Waals surface area (Å²) in [5, 5.41) is 11.2. The monoisotopic (exact) mass is 1110 g/mol. The van der Waals surface area contributed by atoms with Gasteiger partial charge in [-0.1, -0.05) is 47.7 Å². The van der Waals surface area contributed by atoms with Gasteiger partial charge in [-0.2, -0.15) is 18.3 Å². The summed E-state index contributed by atoms with van der Waals surface area (Å²) in [6.45, 7) is 9.70. The normalized spacial score (nSPS) is 20.2. The molecule has 1 saturated carbocycles. The lowest BCUT2D eigenvalue weighted by atomic mass is 9.84. The lowest BCUT2D eigenvalue weighted by Crippen LogP contribution is -2.59. The lowest BCUT2D eigenvalue weighted by molar-refractivity contribution is -0.156. The minimum atomic E-state index is -4.45. The van der Waals surface area contributed by atoms with Gasteiger partial charge in [-0.15, -0.1) is 0 Å². The van der Waals surface area contributed by atoms with E-state index in [1.54, 1.807) is 29.9 Å². The number of alkyl halides is 3. The van der Waals surface area contributed by atoms with Crippen LogP contribution in [-0.2, 0) is 34.3 Å². The fourth-order valence-electron chi connectivity index (χ4n) is 12.1. The highest BCUT2D eigenvalue weighted by atomic mass is 32.1. The molecular weight excluding hydrogens is 1040 g/mol. The zero-order valence-electron chi connectivity index (χ0n) is 45.7. The number of rotatable bonds is 13. The van der Waals surface area contributed by atoms with Gasteiger partial charge in [-0.05, 0) is 168 Å². The van der Waals surface area contributed by atoms with Crippen LogP contribution in [0.15, 0.2) is 91.0 Å². The van der Waals surface area contributed by atoms with Crippen molar-refractivity contribution in [3.63, 3.8) is 0 Å². The molecule has 3 fully saturated rings. The first kappa shape index (κ1) is 54.6. The third kappa shape index (κ3) is 11.6. The van der Waals surface area contributed by atoms with Crippen LogP contribution in [0.1, 0.15) is 121 Å². The molecule has 0 unspecified atom stereocenters. The molecule has 11 rings (SSSR count). The van der Waals surface area contributed by atoms with Gasteiger partial charge < -0.3 is 19.3 Å². The molecular formula is C61H66F3N9O6S. The number of aromatic nitrogens is 4. The highest BCUT2D eigenvalue weighted by Crippen LogP contribution is 2.40. The summed E-state index contributed by atoms with van der Waals surface area (Å²) in [6.07, 6.45) is 2.07. The Kier molecular flexibility index (Phi) is 15.2. The zero-order valence-corrected chi connectivity index (χ0v) is 46.5. The molecule has 2 saturated heterocycles. The Morgan fingerprint density at radius 1 is 0.863 bits per heavy atom. The van der Waals surface area contributed by atoms with Gasteiger partial charge >= 0.3 is 12.1 Å². The molecule has 3 aromatic heterocycles. The maximum atomic E-state index is 14.8. The van der Waals surface area contributed by atoms with Crippen molar-refractivity contribution in [1.29, 1.82) is 0 Å². The van der Waals surface area contributed by atoms with Gasteiger partial charge in [0.1, 0.15) is 23.2 Å². The number of hydrogen-bond donors (Lipinski definition) is 2. The number of imide groups is 1. The molecule has 7 aromatic rings. The number of aryl methyl sites for hydroxylation is 1. The minimum absolute atomic E-state index is 0.0172. The number of carbonyl (C=O) groups excluding carboxylic acids is 4. The highest BCUT2D eigenvalue weighted by molar-refractivity contribution is 7.22. The predicted molar refractivity (Wildman–Crippen MR) is 303 cm³/mol. The number of piperidine rings is 1. The number of esters is 1. The maximum absolute atomic E-state index is 14.8. The predicted octanol–water partition coefficient (Wildman–Crippen LogP) is 11.3. The summed E-state index contributed by atoms with van der Waals surface area (Å²) in [5.74, 6) is -0.348. The average Bonchev–Trinajstić information content (AvgIpc) is 4.11. The quantitative estimate of drug-likeness (QED) is 0.0831. The molecule has 0 bridgehead atoms. The number of amides is 3. The maximum Gasteiger partial charge on any atom is 0.409 e. The van der Waals surface area contributed by atoms with E-state index in [9.17, 15) is 32.3 Å². The Balaban J connectivity index is 0.711. The van der Waals surface area contributed by atoms with E-state index in [1.807, 2.05) is 99.3 Å². The topological polar surface area (TPSA) is 164 Å². The van der Waals surface area contributed by atoms with Crippen molar-refractivity contribution in [2.45, 2.75) is 122 Å². The molecule has 418 valence electrons. The zero-order chi connectivity index (χ0) is 56.0. The Morgan fingerprint density at radius 2 is 1.66 bits per heavy atom. The molecule has 0 spiro atoms. The molecule has 15 nitrogen and oxygen atoms in total. The smallest absolute Gasteiger partial charge is 0.409 e. The van der Waals surface area contributed by atoms with E-state index >= 15 is 0 Å². The summed E-state index contributed by atoms with van der Waals surface area (Å²) < 4.78 is 59.7. The van der Waals surface area contributed by atoms with Gasteiger partial charge in [-0.25, -0.2) is 14.8 Å². The van der Waals surface area contributed by atoms with E-state index in [0.717, 1.165) is 76.7 Å². The molecule has 4 aromatic carbocycles. The number of thiazole rings is 1. The van der Waals surface area contributed by atoms with Crippen LogP contribution in [0.5, 0.6) is 5.75 Å². The SMILES string of the molecule is Cc1c(OC2CCC(CCCN3CCN(c4ccc5c([C@H]6CCC(=O)NC6=O)nn(C)c5c4)[C@@H](C(F)(F)F)C3)CC2)cccc1-c1ccc(N2CCc3cccc(C(=O)Nc4nc5ccccc5s4)c3C2)nc1C(=O)OC(C)(C)C. The lowest BCUT2D eigenvalue weighted by Gasteiger charge is -2.43. The molecule has 19 heteroatoms. The van der Waals surface area contributed by atoms with Crippen LogP contribution < -0.4 is 25.2 Å². The van der Waals surface area contributed by atoms with E-state index in [0.29, 0.717) is 89.3 Å². The van der Waals surface area contributed by atoms with Crippen molar-refractivity contribution in [3.05, 3.63) is 125 Å². The molecule has 6 heterocycles. The standard InChI is InChI=1S/C61H66F3N9O6S/c1-36-41(42-24-26-52(66-55(42)58(77)79-60(2,3)4)72-30-28-38-12-8-14-43(46(38)34-72)56(75)68-59-65-47-15-6-7-17-50(47)80-59)13-9-16-49(36)78-40-21-18-37(19-22-40)11-10-29-71-31-32-73(51(35-71)61(62,63)64)39-20-23-44-48(33-39)70(5)69-54(44)45-25-27-53(74)67-57(45)76/h6-9,12-17,20,23-24,26,33,37,40,45,51H,10-11,18-19,21-22,25,27-32,34-35H2,1-5H3,(H,65,68,75)(H,67,74,76)/t37?,40?,45-,51-/m1/s1. The average molecular weight is 1110 g/mol. The number of para-hydroxylation sites is 1. The first-order valence-electron chi connectivity index (χ1n) is 27.7. The molecule has 1 aliphatic carbocycles. The number of benzene rings is 4. The number of nitrogens with zero attached hydrogens (tertiary/aromatic N) is 7. The first-order valence-corrected chi connectivity index (χ1v) is 28.5. The summed E-state index contributed by atoms with van der Waals surface area (Å²) in [5.41, 5.74) is 6.69. The second-order valence-corrected chi connectivity index (χ2v) is 23.8. The van der Waals surface area contributed by atoms with Gasteiger partial charge in [0, 0.05) is 68.4 Å². The molecule has 3 aliphatic heterocycles. The van der Waals surface area contributed by atoms with Crippen LogP contribution in [0.4, 0.5) is 29.8 Å². The van der Waals surface area contributed by atoms with Crippen molar-refractivity contribution in [3.8, 4) is 16.9 Å². The number of fused-ring (bicyclic) bond motifs is 3. The van der Waals surface area contributed by atoms with Crippen molar-refractivity contribution in [1.82, 2.24) is 30.0 Å². The van der Waals surface area contributed by atoms with Crippen LogP contribution in [0.3, 0.4) is 0 Å². The third-order valence-electron chi connectivity index (χ3n) is 16.2. The summed E-state index contributed by atoms with van der Waals surface area (Å²) in [6, 6.07) is 26.8. The van der Waals surface area contributed by atoms with Crippen LogP contribution in [0.2, 0.25) is 0 Å². The number of halogens is 3. The molecule has 2 N–H and O–H groups in total. The molecule has 3 amide bonds. The van der Waals surface area contributed by atoms with E-state index in [1.165, 1.54) is 16.2 Å². The van der Waals surface area contributed by atoms with Crippen molar-refractivity contribution in [2.24, 2.45) is 13.0 Å². The van der Waals surface area contributed by atoms with E-state index in [2.05, 4.69) is 31.7 Å². The molecule has 0 radical (unpaired) electrons. The molecule has 2 atom stereocenters. The Bertz CT molecular complexity index is 3480. The fourth-order valence-corrected chi connectivity index (χ4v) is 12.9. The van der Waals surface area contributed by atoms with E-state index < -0.39 is 35.6 Å². The molecule has 4 aliphatic rings. The number of ether oxygens (including phenoxy) is 2. The fraction of sp³-hybridized carbons (Fsp3) is 0.426. The second kappa shape index (κ2) is 22.3. The number of carbonyl (C=O) groups is 4. The summed E-state index contributed by atoms with van der Waals surface area (Å²) in [7, 11) is 1.72. The number of piperazine rings is 1. The minimum Gasteiger partial charge on any atom is -0.490 e. The van der Waals surface area contributed by atoms with Gasteiger partial charge in [0.15, 0.2) is 10.8 Å². The Morgan fingerprint density at radius 3 is 2.44 bits per heavy atom. The van der Waals surface area contributed by atoms with Gasteiger partial charge in [0.05, 0.1) is 33.4 Å². The van der Waals surface area contributed by atoms with Gasteiger partial charge in [0.2, 0.25) is 11.8 Å². The third-order valence-corrected chi connectivity index (χ3v) is 17.1. The van der Waals surface area contributed by atoms with Gasteiger partial charge in [0.25, 0.3) is 5.91 Å². The van der Waals surface area contributed by atoms with Crippen molar-refractivity contribution in [2.75, 3.05) is 47.8 Å². The largest absolute Gasteiger partial charge is 0.490 e. The van der Waals surface area contributed by atoms with E-state index in [-0.39, 0.29) is 43.1 Å². The summed E-state index contributed by atoms with van der Waals surface area (Å²) >= 11 is 1.43. The number of anilines is 3. The van der Waals surface area contributed by atoms with Crippen LogP contribution in [0.25, 0.3) is 32.2 Å². The van der Waals surface area contributed by atoms with Crippen LogP contribution in [-0.4, -0.2) is 105 Å². The van der Waals surface area contributed by atoms with Crippen LogP contribution >= 0.6 is 11.3 Å². The molecule has 80 heavy (non-hydrogen) atoms. The van der Waals surface area contributed by atoms with Crippen molar-refractivity contribution < 1.29 is 41.8 Å².